The summed E-state index contributed by atoms with van der Waals surface area (Å²) in [6.07, 6.45) is 0. The molecule has 0 amide bonds. The fraction of sp³-hybridized carbons (Fsp3) is 0.545. The first-order valence-corrected chi connectivity index (χ1v) is 6.36. The molecule has 2 heterocycles. The summed E-state index contributed by atoms with van der Waals surface area (Å²) in [6, 6.07) is 0. The highest BCUT2D eigenvalue weighted by molar-refractivity contribution is 7.09. The highest BCUT2D eigenvalue weighted by Crippen LogP contribution is 2.25. The third-order valence-corrected chi connectivity index (χ3v) is 3.84. The molecular weight excluding hydrogens is 234 g/mol. The normalized spacial score (nSPS) is 12.0. The minimum atomic E-state index is 0.0966. The van der Waals surface area contributed by atoms with Gasteiger partial charge < -0.3 is 5.73 Å². The quantitative estimate of drug-likeness (QED) is 0.886. The second-order valence-electron chi connectivity index (χ2n) is 5.11. The lowest BCUT2D eigenvalue weighted by molar-refractivity contribution is 0.575. The molecule has 0 aliphatic rings. The Labute approximate surface area is 105 Å². The van der Waals surface area contributed by atoms with Crippen molar-refractivity contribution >= 4 is 17.2 Å². The van der Waals surface area contributed by atoms with Crippen LogP contribution in [0.1, 0.15) is 37.2 Å². The van der Waals surface area contributed by atoms with Crippen LogP contribution in [0.2, 0.25) is 0 Å². The van der Waals surface area contributed by atoms with Crippen LogP contribution >= 0.6 is 11.3 Å². The predicted molar refractivity (Wildman–Crippen MR) is 69.1 cm³/mol. The molecule has 5 nitrogen and oxygen atoms in total. The van der Waals surface area contributed by atoms with Gasteiger partial charge in [-0.15, -0.1) is 16.4 Å². The van der Waals surface area contributed by atoms with Gasteiger partial charge in [-0.25, -0.2) is 9.67 Å². The smallest absolute Gasteiger partial charge is 0.168 e. The molecule has 0 aliphatic heterocycles. The molecule has 92 valence electrons. The second kappa shape index (κ2) is 4.10. The zero-order valence-electron chi connectivity index (χ0n) is 10.6. The third-order valence-electron chi connectivity index (χ3n) is 2.52. The van der Waals surface area contributed by atoms with E-state index in [9.17, 15) is 0 Å². The predicted octanol–water partition coefficient (Wildman–Crippen LogP) is 1.97. The van der Waals surface area contributed by atoms with Gasteiger partial charge in [0.15, 0.2) is 5.82 Å². The van der Waals surface area contributed by atoms with E-state index in [1.54, 1.807) is 16.0 Å². The number of nitrogens with two attached hydrogens (primary N) is 1. The summed E-state index contributed by atoms with van der Waals surface area (Å²) in [5.74, 6) is 0.483. The van der Waals surface area contributed by atoms with Gasteiger partial charge in [0.1, 0.15) is 0 Å². The first kappa shape index (κ1) is 12.0. The number of thiazole rings is 1. The molecule has 0 spiro atoms. The molecule has 0 aliphatic carbocycles. The van der Waals surface area contributed by atoms with Crippen LogP contribution < -0.4 is 5.73 Å². The lowest BCUT2D eigenvalue weighted by Gasteiger charge is -2.13. The summed E-state index contributed by atoms with van der Waals surface area (Å²) >= 11 is 1.68. The number of anilines is 1. The minimum Gasteiger partial charge on any atom is -0.381 e. The molecule has 0 fully saturated rings. The Morgan fingerprint density at radius 2 is 2.12 bits per heavy atom. The molecule has 0 radical (unpaired) electrons. The van der Waals surface area contributed by atoms with E-state index in [1.807, 2.05) is 6.92 Å². The second-order valence-corrected chi connectivity index (χ2v) is 5.97. The van der Waals surface area contributed by atoms with Crippen molar-refractivity contribution in [1.82, 2.24) is 20.0 Å². The number of nitrogens with zero attached hydrogens (tertiary/aromatic N) is 4. The summed E-state index contributed by atoms with van der Waals surface area (Å²) in [7, 11) is 0. The average molecular weight is 251 g/mol. The van der Waals surface area contributed by atoms with E-state index in [0.29, 0.717) is 12.4 Å². The molecule has 2 aromatic heterocycles. The van der Waals surface area contributed by atoms with Crippen LogP contribution in [0.3, 0.4) is 0 Å². The summed E-state index contributed by atoms with van der Waals surface area (Å²) in [5.41, 5.74) is 7.64. The van der Waals surface area contributed by atoms with Gasteiger partial charge in [-0.05, 0) is 6.92 Å². The first-order chi connectivity index (χ1) is 7.88. The monoisotopic (exact) mass is 251 g/mol. The molecular formula is C11H17N5S. The Morgan fingerprint density at radius 3 is 2.59 bits per heavy atom. The molecule has 0 bridgehead atoms. The summed E-state index contributed by atoms with van der Waals surface area (Å²) < 4.78 is 1.77. The van der Waals surface area contributed by atoms with Crippen LogP contribution in [0.5, 0.6) is 0 Å². The lowest BCUT2D eigenvalue weighted by Crippen LogP contribution is -2.11. The number of aromatic nitrogens is 4. The molecule has 2 N–H and O–H groups in total. The van der Waals surface area contributed by atoms with E-state index in [2.05, 4.69) is 41.4 Å². The Balaban J connectivity index is 2.20. The topological polar surface area (TPSA) is 69.6 Å². The standard InChI is InChI=1S/C11H17N5S/c1-7-9(12)14-15-16(7)5-8-6-17-10(13-8)11(2,3)4/h6H,5,12H2,1-4H3. The van der Waals surface area contributed by atoms with Crippen molar-refractivity contribution in [2.75, 3.05) is 5.73 Å². The number of nitrogen functional groups attached to an aromatic ring is 1. The number of rotatable bonds is 2. The Hall–Kier alpha value is -1.43. The largest absolute Gasteiger partial charge is 0.381 e. The van der Waals surface area contributed by atoms with Gasteiger partial charge >= 0.3 is 0 Å². The molecule has 0 atom stereocenters. The fourth-order valence-electron chi connectivity index (χ4n) is 1.40. The van der Waals surface area contributed by atoms with Crippen molar-refractivity contribution in [2.24, 2.45) is 0 Å². The van der Waals surface area contributed by atoms with Crippen LogP contribution in [-0.2, 0) is 12.0 Å². The van der Waals surface area contributed by atoms with E-state index < -0.39 is 0 Å². The summed E-state index contributed by atoms with van der Waals surface area (Å²) in [5, 5.41) is 11.0. The van der Waals surface area contributed by atoms with E-state index in [1.165, 1.54) is 0 Å². The van der Waals surface area contributed by atoms with Crippen molar-refractivity contribution in [3.63, 3.8) is 0 Å². The van der Waals surface area contributed by atoms with Crippen LogP contribution in [0.4, 0.5) is 5.82 Å². The molecule has 6 heteroatoms. The van der Waals surface area contributed by atoms with Gasteiger partial charge in [0.25, 0.3) is 0 Å². The molecule has 0 saturated carbocycles. The van der Waals surface area contributed by atoms with Crippen LogP contribution in [0.25, 0.3) is 0 Å². The minimum absolute atomic E-state index is 0.0966. The van der Waals surface area contributed by atoms with Crippen molar-refractivity contribution < 1.29 is 0 Å². The zero-order valence-corrected chi connectivity index (χ0v) is 11.4. The van der Waals surface area contributed by atoms with Gasteiger partial charge in [-0.2, -0.15) is 0 Å². The Kier molecular flexibility index (Phi) is 2.91. The van der Waals surface area contributed by atoms with Crippen molar-refractivity contribution in [3.05, 3.63) is 21.8 Å². The molecule has 0 saturated heterocycles. The maximum absolute atomic E-state index is 5.66. The zero-order chi connectivity index (χ0) is 12.6. The maximum atomic E-state index is 5.66. The highest BCUT2D eigenvalue weighted by atomic mass is 32.1. The maximum Gasteiger partial charge on any atom is 0.168 e. The molecule has 2 aromatic rings. The number of hydrogen-bond donors (Lipinski definition) is 1. The van der Waals surface area contributed by atoms with E-state index in [4.69, 9.17) is 5.73 Å². The highest BCUT2D eigenvalue weighted by Gasteiger charge is 2.18. The molecule has 0 aromatic carbocycles. The first-order valence-electron chi connectivity index (χ1n) is 5.48. The van der Waals surface area contributed by atoms with Gasteiger partial charge in [-0.1, -0.05) is 26.0 Å². The van der Waals surface area contributed by atoms with Gasteiger partial charge in [0, 0.05) is 10.8 Å². The van der Waals surface area contributed by atoms with Crippen LogP contribution in [0.15, 0.2) is 5.38 Å². The Bertz CT molecular complexity index is 520. The van der Waals surface area contributed by atoms with E-state index in [-0.39, 0.29) is 5.41 Å². The number of hydrogen-bond acceptors (Lipinski definition) is 5. The fourth-order valence-corrected chi connectivity index (χ4v) is 2.30. The molecule has 0 unspecified atom stereocenters. The SMILES string of the molecule is Cc1c(N)nnn1Cc1csc(C(C)(C)C)n1. The van der Waals surface area contributed by atoms with Crippen molar-refractivity contribution in [2.45, 2.75) is 39.7 Å². The average Bonchev–Trinajstić information content (AvgIpc) is 2.80. The van der Waals surface area contributed by atoms with Crippen LogP contribution in [-0.4, -0.2) is 20.0 Å². The molecule has 17 heavy (non-hydrogen) atoms. The molecule has 2 rings (SSSR count). The summed E-state index contributed by atoms with van der Waals surface area (Å²) in [4.78, 5) is 4.62. The van der Waals surface area contributed by atoms with Gasteiger partial charge in [0.05, 0.1) is 22.9 Å². The van der Waals surface area contributed by atoms with Crippen molar-refractivity contribution in [3.8, 4) is 0 Å². The summed E-state index contributed by atoms with van der Waals surface area (Å²) in [6.45, 7) is 9.02. The van der Waals surface area contributed by atoms with Crippen LogP contribution in [0, 0.1) is 6.92 Å². The Morgan fingerprint density at radius 1 is 1.41 bits per heavy atom. The van der Waals surface area contributed by atoms with Gasteiger partial charge in [0.2, 0.25) is 0 Å². The van der Waals surface area contributed by atoms with Crippen molar-refractivity contribution in [1.29, 1.82) is 0 Å². The van der Waals surface area contributed by atoms with E-state index >= 15 is 0 Å². The third kappa shape index (κ3) is 2.46. The lowest BCUT2D eigenvalue weighted by atomic mass is 9.98. The van der Waals surface area contributed by atoms with Gasteiger partial charge in [-0.3, -0.25) is 0 Å². The van der Waals surface area contributed by atoms with E-state index in [0.717, 1.165) is 16.4 Å².